The molecule has 0 aliphatic rings. The molecule has 60 valence electrons. The van der Waals surface area contributed by atoms with E-state index in [9.17, 15) is 9.50 Å². The number of benzene rings is 1. The van der Waals surface area contributed by atoms with Crippen LogP contribution in [0, 0.1) is 5.82 Å². The van der Waals surface area contributed by atoms with Crippen molar-refractivity contribution >= 4 is 10.9 Å². The number of rotatable bonds is 0. The van der Waals surface area contributed by atoms with Gasteiger partial charge >= 0.3 is 0 Å². The lowest BCUT2D eigenvalue weighted by molar-refractivity contribution is 0.481. The molecule has 0 aliphatic heterocycles. The standard InChI is InChI=1S/C9H6FNO/c10-6-4-7-8(11-5-6)2-1-3-9(7)12/h1-5,12H. The van der Waals surface area contributed by atoms with Gasteiger partial charge in [-0.25, -0.2) is 4.39 Å². The Hall–Kier alpha value is -1.64. The molecular weight excluding hydrogens is 157 g/mol. The Bertz CT molecular complexity index is 428. The Balaban J connectivity index is 2.88. The van der Waals surface area contributed by atoms with Gasteiger partial charge in [-0.05, 0) is 18.2 Å². The molecule has 0 saturated carbocycles. The van der Waals surface area contributed by atoms with Crippen LogP contribution in [-0.2, 0) is 0 Å². The van der Waals surface area contributed by atoms with E-state index in [1.807, 2.05) is 0 Å². The molecule has 0 spiro atoms. The van der Waals surface area contributed by atoms with Gasteiger partial charge in [-0.15, -0.1) is 0 Å². The zero-order valence-corrected chi connectivity index (χ0v) is 6.16. The first kappa shape index (κ1) is 7.03. The van der Waals surface area contributed by atoms with E-state index in [1.54, 1.807) is 12.1 Å². The highest BCUT2D eigenvalue weighted by Gasteiger charge is 2.00. The van der Waals surface area contributed by atoms with Crippen molar-refractivity contribution in [2.24, 2.45) is 0 Å². The molecular formula is C9H6FNO. The molecule has 1 N–H and O–H groups in total. The molecule has 1 aromatic heterocycles. The van der Waals surface area contributed by atoms with Crippen LogP contribution in [0.5, 0.6) is 5.75 Å². The molecule has 12 heavy (non-hydrogen) atoms. The Labute approximate surface area is 68.3 Å². The molecule has 1 heterocycles. The van der Waals surface area contributed by atoms with E-state index in [1.165, 1.54) is 12.1 Å². The third-order valence-electron chi connectivity index (χ3n) is 1.67. The summed E-state index contributed by atoms with van der Waals surface area (Å²) in [5.74, 6) is -0.386. The van der Waals surface area contributed by atoms with Crippen molar-refractivity contribution in [2.45, 2.75) is 0 Å². The van der Waals surface area contributed by atoms with Crippen molar-refractivity contribution in [3.05, 3.63) is 36.3 Å². The van der Waals surface area contributed by atoms with Gasteiger partial charge in [-0.3, -0.25) is 4.98 Å². The fourth-order valence-electron chi connectivity index (χ4n) is 1.11. The van der Waals surface area contributed by atoms with Crippen molar-refractivity contribution in [3.63, 3.8) is 0 Å². The second-order valence-corrected chi connectivity index (χ2v) is 2.50. The quantitative estimate of drug-likeness (QED) is 0.645. The van der Waals surface area contributed by atoms with Crippen LogP contribution in [-0.4, -0.2) is 10.1 Å². The zero-order valence-electron chi connectivity index (χ0n) is 6.16. The van der Waals surface area contributed by atoms with Crippen LogP contribution in [0.1, 0.15) is 0 Å². The molecule has 2 nitrogen and oxygen atoms in total. The summed E-state index contributed by atoms with van der Waals surface area (Å²) in [4.78, 5) is 3.81. The van der Waals surface area contributed by atoms with E-state index in [0.717, 1.165) is 6.20 Å². The lowest BCUT2D eigenvalue weighted by Gasteiger charge is -1.98. The van der Waals surface area contributed by atoms with Crippen LogP contribution in [0.4, 0.5) is 4.39 Å². The SMILES string of the molecule is Oc1cccc2ncc(F)cc12. The average molecular weight is 163 g/mol. The van der Waals surface area contributed by atoms with Crippen LogP contribution in [0.3, 0.4) is 0 Å². The second-order valence-electron chi connectivity index (χ2n) is 2.50. The number of phenols is 1. The van der Waals surface area contributed by atoms with Gasteiger partial charge in [0.25, 0.3) is 0 Å². The van der Waals surface area contributed by atoms with Crippen molar-refractivity contribution in [1.82, 2.24) is 4.98 Å². The first-order valence-electron chi connectivity index (χ1n) is 3.50. The van der Waals surface area contributed by atoms with E-state index in [-0.39, 0.29) is 5.75 Å². The average Bonchev–Trinajstić information content (AvgIpc) is 2.07. The Morgan fingerprint density at radius 3 is 3.00 bits per heavy atom. The van der Waals surface area contributed by atoms with Crippen LogP contribution >= 0.6 is 0 Å². The Morgan fingerprint density at radius 2 is 2.17 bits per heavy atom. The number of hydrogen-bond donors (Lipinski definition) is 1. The number of aromatic nitrogens is 1. The summed E-state index contributed by atoms with van der Waals surface area (Å²) < 4.78 is 12.6. The van der Waals surface area contributed by atoms with E-state index >= 15 is 0 Å². The maximum Gasteiger partial charge on any atom is 0.142 e. The molecule has 2 rings (SSSR count). The van der Waals surface area contributed by atoms with Crippen LogP contribution < -0.4 is 0 Å². The number of halogens is 1. The lowest BCUT2D eigenvalue weighted by Crippen LogP contribution is -1.81. The van der Waals surface area contributed by atoms with E-state index in [4.69, 9.17) is 0 Å². The summed E-state index contributed by atoms with van der Waals surface area (Å²) in [7, 11) is 0. The van der Waals surface area contributed by atoms with Gasteiger partial charge in [-0.2, -0.15) is 0 Å². The third kappa shape index (κ3) is 0.993. The molecule has 3 heteroatoms. The minimum atomic E-state index is -0.441. The number of aromatic hydroxyl groups is 1. The van der Waals surface area contributed by atoms with Gasteiger partial charge in [0.1, 0.15) is 11.6 Å². The molecule has 0 atom stereocenters. The van der Waals surface area contributed by atoms with Crippen LogP contribution in [0.15, 0.2) is 30.5 Å². The van der Waals surface area contributed by atoms with Crippen molar-refractivity contribution < 1.29 is 9.50 Å². The monoisotopic (exact) mass is 163 g/mol. The molecule has 0 saturated heterocycles. The van der Waals surface area contributed by atoms with Gasteiger partial charge in [0, 0.05) is 5.39 Å². The highest BCUT2D eigenvalue weighted by Crippen LogP contribution is 2.22. The molecule has 1 aromatic carbocycles. The molecule has 0 fully saturated rings. The highest BCUT2D eigenvalue weighted by molar-refractivity contribution is 5.84. The van der Waals surface area contributed by atoms with Gasteiger partial charge in [0.15, 0.2) is 0 Å². The molecule has 2 aromatic rings. The van der Waals surface area contributed by atoms with Crippen molar-refractivity contribution in [2.75, 3.05) is 0 Å². The van der Waals surface area contributed by atoms with Gasteiger partial charge < -0.3 is 5.11 Å². The van der Waals surface area contributed by atoms with Crippen molar-refractivity contribution in [1.29, 1.82) is 0 Å². The summed E-state index contributed by atoms with van der Waals surface area (Å²) in [5.41, 5.74) is 0.594. The molecule has 0 bridgehead atoms. The third-order valence-corrected chi connectivity index (χ3v) is 1.67. The normalized spacial score (nSPS) is 10.4. The topological polar surface area (TPSA) is 33.1 Å². The molecule has 0 unspecified atom stereocenters. The van der Waals surface area contributed by atoms with Crippen molar-refractivity contribution in [3.8, 4) is 5.75 Å². The summed E-state index contributed by atoms with van der Waals surface area (Å²) in [6.45, 7) is 0. The van der Waals surface area contributed by atoms with E-state index < -0.39 is 5.82 Å². The minimum Gasteiger partial charge on any atom is -0.507 e. The largest absolute Gasteiger partial charge is 0.507 e. The van der Waals surface area contributed by atoms with E-state index in [0.29, 0.717) is 10.9 Å². The zero-order chi connectivity index (χ0) is 8.55. The first-order valence-corrected chi connectivity index (χ1v) is 3.50. The molecule has 0 aliphatic carbocycles. The summed E-state index contributed by atoms with van der Waals surface area (Å²) in [5, 5.41) is 9.73. The summed E-state index contributed by atoms with van der Waals surface area (Å²) >= 11 is 0. The van der Waals surface area contributed by atoms with E-state index in [2.05, 4.69) is 4.98 Å². The van der Waals surface area contributed by atoms with Gasteiger partial charge in [0.05, 0.1) is 11.7 Å². The molecule has 0 amide bonds. The predicted octanol–water partition coefficient (Wildman–Crippen LogP) is 2.08. The number of nitrogens with zero attached hydrogens (tertiary/aromatic N) is 1. The number of hydrogen-bond acceptors (Lipinski definition) is 2. The first-order chi connectivity index (χ1) is 5.77. The smallest absolute Gasteiger partial charge is 0.142 e. The fraction of sp³-hybridized carbons (Fsp3) is 0. The van der Waals surface area contributed by atoms with Crippen LogP contribution in [0.2, 0.25) is 0 Å². The van der Waals surface area contributed by atoms with Gasteiger partial charge in [-0.1, -0.05) is 6.07 Å². The maximum atomic E-state index is 12.6. The Morgan fingerprint density at radius 1 is 1.33 bits per heavy atom. The lowest BCUT2D eigenvalue weighted by atomic mass is 10.2. The maximum absolute atomic E-state index is 12.6. The number of phenolic OH excluding ortho intramolecular Hbond substituents is 1. The Kier molecular flexibility index (Phi) is 1.43. The second kappa shape index (κ2) is 2.44. The summed E-state index contributed by atoms with van der Waals surface area (Å²) in [6, 6.07) is 6.15. The fourth-order valence-corrected chi connectivity index (χ4v) is 1.11. The molecule has 0 radical (unpaired) electrons. The highest BCUT2D eigenvalue weighted by atomic mass is 19.1. The predicted molar refractivity (Wildman–Crippen MR) is 43.4 cm³/mol. The number of fused-ring (bicyclic) bond motifs is 1. The van der Waals surface area contributed by atoms with Gasteiger partial charge in [0.2, 0.25) is 0 Å². The minimum absolute atomic E-state index is 0.0551. The number of pyridine rings is 1. The van der Waals surface area contributed by atoms with Crippen LogP contribution in [0.25, 0.3) is 10.9 Å². The summed E-state index contributed by atoms with van der Waals surface area (Å²) in [6.07, 6.45) is 1.13.